The van der Waals surface area contributed by atoms with Gasteiger partial charge >= 0.3 is 19.8 Å². The van der Waals surface area contributed by atoms with E-state index in [1.165, 1.54) is 44.9 Å². The Morgan fingerprint density at radius 1 is 0.667 bits per heavy atom. The lowest BCUT2D eigenvalue weighted by atomic mass is 10.1. The number of unbranched alkanes of at least 4 members (excludes halogenated alkanes) is 8. The number of hydrogen-bond donors (Lipinski definition) is 2. The minimum atomic E-state index is -4.40. The van der Waals surface area contributed by atoms with Gasteiger partial charge in [0.25, 0.3) is 0 Å². The number of carbonyl (C=O) groups is 2. The summed E-state index contributed by atoms with van der Waals surface area (Å²) in [6.45, 7) is 3.53. The molecule has 1 aliphatic heterocycles. The van der Waals surface area contributed by atoms with Crippen molar-refractivity contribution in [1.29, 1.82) is 0 Å². The summed E-state index contributed by atoms with van der Waals surface area (Å²) in [6.07, 6.45) is 44.0. The van der Waals surface area contributed by atoms with Crippen LogP contribution in [-0.2, 0) is 37.4 Å². The van der Waals surface area contributed by atoms with Gasteiger partial charge in [-0.2, -0.15) is 0 Å². The van der Waals surface area contributed by atoms with Crippen LogP contribution in [0.15, 0.2) is 72.9 Å². The smallest absolute Gasteiger partial charge is 0.462 e. The molecule has 0 aromatic carbocycles. The van der Waals surface area contributed by atoms with Crippen molar-refractivity contribution in [3.8, 4) is 0 Å². The molecule has 1 heterocycles. The molecule has 0 bridgehead atoms. The first kappa shape index (κ1) is 49.4. The van der Waals surface area contributed by atoms with Crippen LogP contribution >= 0.6 is 7.82 Å². The normalized spacial score (nSPS) is 17.9. The first-order valence-electron chi connectivity index (χ1n) is 20.5. The van der Waals surface area contributed by atoms with Crippen LogP contribution in [0.25, 0.3) is 0 Å². The Kier molecular flexibility index (Phi) is 31.9. The predicted octanol–water partition coefficient (Wildman–Crippen LogP) is 10.5. The first-order chi connectivity index (χ1) is 26.3. The molecular weight excluding hydrogens is 705 g/mol. The topological polar surface area (TPSA) is 147 Å². The Balaban J connectivity index is 2.27. The van der Waals surface area contributed by atoms with Crippen molar-refractivity contribution in [3.05, 3.63) is 72.9 Å². The minimum Gasteiger partial charge on any atom is -0.462 e. The highest BCUT2D eigenvalue weighted by Gasteiger charge is 2.36. The highest BCUT2D eigenvalue weighted by Crippen LogP contribution is 2.43. The van der Waals surface area contributed by atoms with Gasteiger partial charge in [-0.25, -0.2) is 4.57 Å². The van der Waals surface area contributed by atoms with Crippen LogP contribution in [0.1, 0.15) is 142 Å². The number of epoxide rings is 1. The Morgan fingerprint density at radius 2 is 1.20 bits per heavy atom. The van der Waals surface area contributed by atoms with Crippen molar-refractivity contribution >= 4 is 19.8 Å². The van der Waals surface area contributed by atoms with Gasteiger partial charge in [0.05, 0.1) is 25.4 Å². The summed E-state index contributed by atoms with van der Waals surface area (Å²) >= 11 is 0. The first-order valence-corrected chi connectivity index (χ1v) is 22.0. The second-order valence-electron chi connectivity index (χ2n) is 13.5. The lowest BCUT2D eigenvalue weighted by Gasteiger charge is -2.19. The number of phosphoric acid groups is 1. The van der Waals surface area contributed by atoms with Gasteiger partial charge in [0.1, 0.15) is 6.61 Å². The van der Waals surface area contributed by atoms with Crippen molar-refractivity contribution in [2.45, 2.75) is 161 Å². The second kappa shape index (κ2) is 34.9. The van der Waals surface area contributed by atoms with Crippen molar-refractivity contribution in [2.24, 2.45) is 5.73 Å². The molecule has 0 saturated carbocycles. The Hall–Kier alpha value is -2.59. The van der Waals surface area contributed by atoms with Crippen molar-refractivity contribution < 1.29 is 42.3 Å². The molecule has 11 heteroatoms. The predicted molar refractivity (Wildman–Crippen MR) is 219 cm³/mol. The quantitative estimate of drug-likeness (QED) is 0.0207. The van der Waals surface area contributed by atoms with Crippen LogP contribution < -0.4 is 5.73 Å². The molecule has 0 aliphatic carbocycles. The Morgan fingerprint density at radius 3 is 1.81 bits per heavy atom. The zero-order chi connectivity index (χ0) is 39.4. The molecule has 0 amide bonds. The molecule has 1 fully saturated rings. The van der Waals surface area contributed by atoms with Gasteiger partial charge in [-0.1, -0.05) is 119 Å². The van der Waals surface area contributed by atoms with E-state index in [9.17, 15) is 19.0 Å². The average Bonchev–Trinajstić information content (AvgIpc) is 3.91. The van der Waals surface area contributed by atoms with Gasteiger partial charge in [0.2, 0.25) is 0 Å². The van der Waals surface area contributed by atoms with E-state index in [4.69, 9.17) is 29.0 Å². The van der Waals surface area contributed by atoms with Gasteiger partial charge in [0.15, 0.2) is 6.10 Å². The van der Waals surface area contributed by atoms with Gasteiger partial charge in [-0.05, 0) is 83.5 Å². The number of carbonyl (C=O) groups excluding carboxylic acids is 2. The standard InChI is InChI=1S/C43H72NO9P/c1-3-5-7-8-9-10-11-12-13-14-15-20-23-26-30-34-43(46)52-39(38-51-54(47,48)50-36-35-44)37-49-42(45)33-29-25-22-19-17-16-18-21-24-28-32-41-40(53-41)31-27-6-4-2/h9-10,12-13,15-16,18-20,22,24,28,39-41H,3-8,11,14,17,21,23,25-27,29-38,44H2,1-2H3,(H,47,48)/b10-9-,13-12-,18-16-,20-15-,22-19-,28-24-/t39-,40?,41?/m1/s1. The number of phosphoric ester groups is 1. The molecular formula is C43H72NO9P. The molecule has 1 aliphatic rings. The lowest BCUT2D eigenvalue weighted by molar-refractivity contribution is -0.161. The molecule has 4 atom stereocenters. The van der Waals surface area contributed by atoms with Crippen LogP contribution in [0.5, 0.6) is 0 Å². The summed E-state index contributed by atoms with van der Waals surface area (Å²) in [5.74, 6) is -0.952. The molecule has 0 aromatic rings. The second-order valence-corrected chi connectivity index (χ2v) is 15.0. The molecule has 1 rings (SSSR count). The molecule has 1 saturated heterocycles. The van der Waals surface area contributed by atoms with Gasteiger partial charge < -0.3 is 24.8 Å². The van der Waals surface area contributed by atoms with Gasteiger partial charge in [-0.15, -0.1) is 0 Å². The Bertz CT molecular complexity index is 1180. The summed E-state index contributed by atoms with van der Waals surface area (Å²) in [7, 11) is -4.40. The van der Waals surface area contributed by atoms with Crippen LogP contribution in [0.4, 0.5) is 0 Å². The van der Waals surface area contributed by atoms with Gasteiger partial charge in [0, 0.05) is 19.4 Å². The molecule has 10 nitrogen and oxygen atoms in total. The number of rotatable bonds is 36. The van der Waals surface area contributed by atoms with E-state index in [0.717, 1.165) is 57.8 Å². The van der Waals surface area contributed by atoms with Crippen LogP contribution in [0.2, 0.25) is 0 Å². The van der Waals surface area contributed by atoms with Crippen LogP contribution in [0.3, 0.4) is 0 Å². The minimum absolute atomic E-state index is 0.0344. The summed E-state index contributed by atoms with van der Waals surface area (Å²) in [6, 6.07) is 0. The molecule has 0 spiro atoms. The van der Waals surface area contributed by atoms with Crippen LogP contribution in [0, 0.1) is 0 Å². The van der Waals surface area contributed by atoms with E-state index in [1.54, 1.807) is 0 Å². The fourth-order valence-corrected chi connectivity index (χ4v) is 6.08. The highest BCUT2D eigenvalue weighted by molar-refractivity contribution is 7.47. The number of nitrogens with two attached hydrogens (primary N) is 1. The average molecular weight is 778 g/mol. The van der Waals surface area contributed by atoms with Crippen molar-refractivity contribution in [2.75, 3.05) is 26.4 Å². The third-order valence-corrected chi connectivity index (χ3v) is 9.47. The Labute approximate surface area is 326 Å². The number of allylic oxidation sites excluding steroid dienone is 11. The summed E-state index contributed by atoms with van der Waals surface area (Å²) in [4.78, 5) is 34.8. The van der Waals surface area contributed by atoms with E-state index in [0.29, 0.717) is 25.0 Å². The van der Waals surface area contributed by atoms with Crippen molar-refractivity contribution in [1.82, 2.24) is 0 Å². The maximum absolute atomic E-state index is 12.5. The fraction of sp³-hybridized carbons (Fsp3) is 0.674. The molecule has 3 unspecified atom stereocenters. The SMILES string of the molecule is CCCCC/C=C\C/C=C\C/C=C\CCCCC(=O)O[C@H](COC(=O)CCC/C=C\C/C=C\C/C=C\CC1OC1CCCCC)COP(=O)(O)OCCN. The van der Waals surface area contributed by atoms with E-state index in [-0.39, 0.29) is 32.6 Å². The summed E-state index contributed by atoms with van der Waals surface area (Å²) in [5, 5.41) is 0. The van der Waals surface area contributed by atoms with E-state index >= 15 is 0 Å². The highest BCUT2D eigenvalue weighted by atomic mass is 31.2. The van der Waals surface area contributed by atoms with E-state index in [2.05, 4.69) is 80.7 Å². The third kappa shape index (κ3) is 31.7. The molecule has 3 N–H and O–H groups in total. The molecule has 0 radical (unpaired) electrons. The number of esters is 2. The third-order valence-electron chi connectivity index (χ3n) is 8.49. The van der Waals surface area contributed by atoms with E-state index < -0.39 is 32.5 Å². The maximum Gasteiger partial charge on any atom is 0.472 e. The monoisotopic (exact) mass is 777 g/mol. The molecule has 54 heavy (non-hydrogen) atoms. The number of ether oxygens (including phenoxy) is 3. The van der Waals surface area contributed by atoms with E-state index in [1.807, 2.05) is 6.08 Å². The summed E-state index contributed by atoms with van der Waals surface area (Å²) < 4.78 is 38.3. The van der Waals surface area contributed by atoms with Gasteiger partial charge in [-0.3, -0.25) is 18.6 Å². The number of hydrogen-bond acceptors (Lipinski definition) is 9. The summed E-state index contributed by atoms with van der Waals surface area (Å²) in [5.41, 5.74) is 5.33. The molecule has 0 aromatic heterocycles. The lowest BCUT2D eigenvalue weighted by Crippen LogP contribution is -2.29. The maximum atomic E-state index is 12.5. The largest absolute Gasteiger partial charge is 0.472 e. The molecule has 308 valence electrons. The fourth-order valence-electron chi connectivity index (χ4n) is 5.31. The zero-order valence-corrected chi connectivity index (χ0v) is 34.3. The van der Waals surface area contributed by atoms with Crippen LogP contribution in [-0.4, -0.2) is 61.5 Å². The zero-order valence-electron chi connectivity index (χ0n) is 33.4. The van der Waals surface area contributed by atoms with Crippen molar-refractivity contribution in [3.63, 3.8) is 0 Å².